The molecular weight excluding hydrogens is 646 g/mol. The van der Waals surface area contributed by atoms with Gasteiger partial charge in [-0.05, 0) is 58.0 Å². The average molecular weight is 681 g/mol. The van der Waals surface area contributed by atoms with E-state index in [9.17, 15) is 40.7 Å². The van der Waals surface area contributed by atoms with Gasteiger partial charge in [-0.2, -0.15) is 26.3 Å². The Morgan fingerprint density at radius 1 is 0.935 bits per heavy atom. The standard InChI is InChI=1S/C14H12F3NO2.C9H14O4.C7H5ClF3N.CH4/c1-3-20-8(2)9-7-18-11-6-4-5-10(14(15,16)17)12(11)13(9)19;1-4-7(8(10)12-5-2)9(11)13-6-3;8-5-2-1-4(3-6(5)12)7(9,10)11;/h4-7H,2-3H2,1H3,(H,18,19);4H,5-6H2,1-3H3;1-3H,12H2;1H4. The van der Waals surface area contributed by atoms with Crippen molar-refractivity contribution in [1.82, 2.24) is 4.98 Å². The van der Waals surface area contributed by atoms with Crippen LogP contribution in [-0.2, 0) is 36.2 Å². The third kappa shape index (κ3) is 11.8. The van der Waals surface area contributed by atoms with Crippen molar-refractivity contribution in [1.29, 1.82) is 0 Å². The largest absolute Gasteiger partial charge is 0.494 e. The maximum Gasteiger partial charge on any atom is 0.417 e. The summed E-state index contributed by atoms with van der Waals surface area (Å²) in [5.74, 6) is -1.22. The molecule has 0 radical (unpaired) electrons. The number of allylic oxidation sites excluding steroid dienone is 1. The van der Waals surface area contributed by atoms with E-state index in [4.69, 9.17) is 22.1 Å². The number of aromatic amines is 1. The number of carbonyl (C=O) groups excluding carboxylic acids is 2. The average Bonchev–Trinajstić information content (AvgIpc) is 2.95. The van der Waals surface area contributed by atoms with Gasteiger partial charge in [0.25, 0.3) is 0 Å². The lowest BCUT2D eigenvalue weighted by Crippen LogP contribution is -2.18. The van der Waals surface area contributed by atoms with Crippen molar-refractivity contribution in [3.63, 3.8) is 0 Å². The molecule has 3 rings (SSSR count). The van der Waals surface area contributed by atoms with Gasteiger partial charge in [-0.3, -0.25) is 4.79 Å². The number of ether oxygens (including phenoxy) is 3. The zero-order valence-electron chi connectivity index (χ0n) is 24.6. The van der Waals surface area contributed by atoms with E-state index in [1.54, 1.807) is 27.7 Å². The number of nitrogens with two attached hydrogens (primary N) is 1. The van der Waals surface area contributed by atoms with Gasteiger partial charge in [0, 0.05) is 11.7 Å². The summed E-state index contributed by atoms with van der Waals surface area (Å²) in [5.41, 5.74) is 2.69. The Labute approximate surface area is 266 Å². The van der Waals surface area contributed by atoms with Crippen LogP contribution in [0.5, 0.6) is 0 Å². The molecule has 0 fully saturated rings. The lowest BCUT2D eigenvalue weighted by molar-refractivity contribution is -0.146. The number of anilines is 1. The minimum Gasteiger partial charge on any atom is -0.494 e. The summed E-state index contributed by atoms with van der Waals surface area (Å²) in [4.78, 5) is 37.1. The number of alkyl halides is 6. The van der Waals surface area contributed by atoms with Gasteiger partial charge in [0.15, 0.2) is 0 Å². The summed E-state index contributed by atoms with van der Waals surface area (Å²) in [6.07, 6.45) is -6.27. The van der Waals surface area contributed by atoms with Gasteiger partial charge in [-0.25, -0.2) is 9.59 Å². The number of pyridine rings is 1. The summed E-state index contributed by atoms with van der Waals surface area (Å²) in [7, 11) is 0. The number of hydrogen-bond acceptors (Lipinski definition) is 7. The fourth-order valence-electron chi connectivity index (χ4n) is 3.42. The van der Waals surface area contributed by atoms with Crippen LogP contribution in [0.15, 0.2) is 65.6 Å². The monoisotopic (exact) mass is 680 g/mol. The molecule has 3 aromatic rings. The quantitative estimate of drug-likeness (QED) is 0.0491. The van der Waals surface area contributed by atoms with Crippen LogP contribution in [-0.4, -0.2) is 36.7 Å². The number of halogens is 7. The number of rotatable bonds is 7. The van der Waals surface area contributed by atoms with Gasteiger partial charge in [0.05, 0.1) is 52.6 Å². The zero-order chi connectivity index (χ0) is 34.5. The van der Waals surface area contributed by atoms with Gasteiger partial charge in [0.2, 0.25) is 5.43 Å². The summed E-state index contributed by atoms with van der Waals surface area (Å²) < 4.78 is 89.3. The molecule has 254 valence electrons. The van der Waals surface area contributed by atoms with Crippen molar-refractivity contribution in [2.45, 2.75) is 47.5 Å². The predicted molar refractivity (Wildman–Crippen MR) is 165 cm³/mol. The highest BCUT2D eigenvalue weighted by atomic mass is 35.5. The molecule has 0 aliphatic rings. The molecule has 8 nitrogen and oxygen atoms in total. The van der Waals surface area contributed by atoms with Gasteiger partial charge >= 0.3 is 24.3 Å². The molecule has 0 aliphatic heterocycles. The fourth-order valence-corrected chi connectivity index (χ4v) is 3.54. The molecule has 0 aliphatic carbocycles. The number of aromatic nitrogens is 1. The Kier molecular flexibility index (Phi) is 16.7. The summed E-state index contributed by atoms with van der Waals surface area (Å²) >= 11 is 5.44. The first-order valence-corrected chi connectivity index (χ1v) is 13.5. The molecule has 1 heterocycles. The summed E-state index contributed by atoms with van der Waals surface area (Å²) in [6, 6.07) is 6.36. The predicted octanol–water partition coefficient (Wildman–Crippen LogP) is 8.19. The first-order valence-electron chi connectivity index (χ1n) is 13.1. The molecule has 0 bridgehead atoms. The molecule has 3 N–H and O–H groups in total. The van der Waals surface area contributed by atoms with Crippen LogP contribution in [0.1, 0.15) is 51.8 Å². The van der Waals surface area contributed by atoms with E-state index >= 15 is 0 Å². The van der Waals surface area contributed by atoms with E-state index in [1.807, 2.05) is 0 Å². The van der Waals surface area contributed by atoms with Crippen LogP contribution in [0.4, 0.5) is 32.0 Å². The summed E-state index contributed by atoms with van der Waals surface area (Å²) in [6.45, 7) is 11.0. The molecule has 0 unspecified atom stereocenters. The lowest BCUT2D eigenvalue weighted by Gasteiger charge is -2.12. The molecule has 46 heavy (non-hydrogen) atoms. The van der Waals surface area contributed by atoms with E-state index in [2.05, 4.69) is 21.0 Å². The van der Waals surface area contributed by atoms with Gasteiger partial charge in [-0.15, -0.1) is 0 Å². The van der Waals surface area contributed by atoms with Crippen LogP contribution in [0.3, 0.4) is 0 Å². The number of nitrogen functional groups attached to an aromatic ring is 1. The molecule has 2 aromatic carbocycles. The molecule has 0 spiro atoms. The SMILES string of the molecule is C.C=C(OCC)c1c[nH]c2cccc(C(F)(F)F)c2c1=O.CC=C(C(=O)OCC)C(=O)OCC.Nc1cc(C(F)(F)F)ccc1Cl. The van der Waals surface area contributed by atoms with Crippen molar-refractivity contribution in [2.75, 3.05) is 25.6 Å². The smallest absolute Gasteiger partial charge is 0.417 e. The summed E-state index contributed by atoms with van der Waals surface area (Å²) in [5, 5.41) is -0.277. The molecule has 0 saturated carbocycles. The van der Waals surface area contributed by atoms with Crippen molar-refractivity contribution >= 4 is 45.9 Å². The van der Waals surface area contributed by atoms with Gasteiger partial charge < -0.3 is 24.9 Å². The van der Waals surface area contributed by atoms with Crippen molar-refractivity contribution in [2.24, 2.45) is 0 Å². The van der Waals surface area contributed by atoms with Crippen LogP contribution in [0.25, 0.3) is 16.7 Å². The molecule has 0 amide bonds. The molecule has 0 saturated heterocycles. The number of nitrogens with one attached hydrogen (secondary N) is 1. The maximum absolute atomic E-state index is 13.0. The van der Waals surface area contributed by atoms with Gasteiger partial charge in [0.1, 0.15) is 11.3 Å². The molecule has 15 heteroatoms. The van der Waals surface area contributed by atoms with Crippen LogP contribution in [0, 0.1) is 0 Å². The molecular formula is C31H35ClF6N2O6. The fraction of sp³-hybridized carbons (Fsp3) is 0.323. The Balaban J connectivity index is 0.000000686. The Hall–Kier alpha value is -4.46. The van der Waals surface area contributed by atoms with Gasteiger partial charge in [-0.1, -0.05) is 37.7 Å². The topological polar surface area (TPSA) is 121 Å². The highest BCUT2D eigenvalue weighted by Gasteiger charge is 2.34. The number of benzene rings is 2. The Bertz CT molecular complexity index is 1560. The minimum absolute atomic E-state index is 0. The Morgan fingerprint density at radius 2 is 1.48 bits per heavy atom. The zero-order valence-corrected chi connectivity index (χ0v) is 25.4. The van der Waals surface area contributed by atoms with Crippen molar-refractivity contribution in [3.8, 4) is 0 Å². The number of H-pyrrole nitrogens is 1. The molecule has 1 aromatic heterocycles. The molecule has 0 atom stereocenters. The third-order valence-electron chi connectivity index (χ3n) is 5.44. The number of fused-ring (bicyclic) bond motifs is 1. The second-order valence-corrected chi connectivity index (χ2v) is 8.90. The van der Waals surface area contributed by atoms with Crippen LogP contribution < -0.4 is 11.2 Å². The van der Waals surface area contributed by atoms with Crippen molar-refractivity contribution < 1.29 is 50.1 Å². The van der Waals surface area contributed by atoms with Crippen LogP contribution >= 0.6 is 11.6 Å². The lowest BCUT2D eigenvalue weighted by atomic mass is 10.0. The van der Waals surface area contributed by atoms with E-state index in [0.717, 1.165) is 24.3 Å². The van der Waals surface area contributed by atoms with E-state index in [-0.39, 0.29) is 60.4 Å². The highest BCUT2D eigenvalue weighted by Crippen LogP contribution is 2.34. The first kappa shape index (κ1) is 41.5. The van der Waals surface area contributed by atoms with E-state index in [1.165, 1.54) is 24.4 Å². The van der Waals surface area contributed by atoms with E-state index in [0.29, 0.717) is 0 Å². The normalized spacial score (nSPS) is 10.6. The van der Waals surface area contributed by atoms with Crippen LogP contribution in [0.2, 0.25) is 5.02 Å². The Morgan fingerprint density at radius 3 is 1.91 bits per heavy atom. The number of esters is 2. The first-order chi connectivity index (χ1) is 20.9. The maximum atomic E-state index is 13.0. The third-order valence-corrected chi connectivity index (χ3v) is 5.78. The minimum atomic E-state index is -4.60. The second-order valence-electron chi connectivity index (χ2n) is 8.49. The van der Waals surface area contributed by atoms with E-state index < -0.39 is 46.2 Å². The van der Waals surface area contributed by atoms with Crippen molar-refractivity contribution in [3.05, 3.63) is 92.8 Å². The number of hydrogen-bond donors (Lipinski definition) is 2. The number of carbonyl (C=O) groups is 2. The second kappa shape index (κ2) is 18.5. The highest BCUT2D eigenvalue weighted by molar-refractivity contribution is 6.33.